The third-order valence-corrected chi connectivity index (χ3v) is 1.19. The van der Waals surface area contributed by atoms with Gasteiger partial charge in [0.1, 0.15) is 11.6 Å². The third-order valence-electron chi connectivity index (χ3n) is 1.19. The van der Waals surface area contributed by atoms with Crippen LogP contribution >= 0.6 is 0 Å². The van der Waals surface area contributed by atoms with Gasteiger partial charge < -0.3 is 4.74 Å². The summed E-state index contributed by atoms with van der Waals surface area (Å²) in [6.07, 6.45) is 2.14. The molecule has 0 spiro atoms. The van der Waals surface area contributed by atoms with Crippen molar-refractivity contribution >= 4 is 0 Å². The van der Waals surface area contributed by atoms with E-state index in [0.717, 1.165) is 6.42 Å². The Kier molecular flexibility index (Phi) is 5.09. The van der Waals surface area contributed by atoms with E-state index in [4.69, 9.17) is 4.74 Å². The summed E-state index contributed by atoms with van der Waals surface area (Å²) in [6, 6.07) is 0. The lowest BCUT2D eigenvalue weighted by molar-refractivity contribution is 0.225. The second kappa shape index (κ2) is 5.58. The summed E-state index contributed by atoms with van der Waals surface area (Å²) in [4.78, 5) is 0. The summed E-state index contributed by atoms with van der Waals surface area (Å²) in [5, 5.41) is 0. The first kappa shape index (κ1) is 11.0. The highest BCUT2D eigenvalue weighted by Crippen LogP contribution is 2.11. The highest BCUT2D eigenvalue weighted by molar-refractivity contribution is 5.25. The monoisotopic (exact) mass is 170 g/mol. The van der Waals surface area contributed by atoms with Crippen LogP contribution in [0.5, 0.6) is 0 Å². The van der Waals surface area contributed by atoms with Crippen molar-refractivity contribution in [2.24, 2.45) is 0 Å². The fourth-order valence-electron chi connectivity index (χ4n) is 0.539. The molecule has 1 nitrogen and oxygen atoms in total. The van der Waals surface area contributed by atoms with Gasteiger partial charge >= 0.3 is 0 Å². The first-order chi connectivity index (χ1) is 5.57. The Morgan fingerprint density at radius 3 is 2.50 bits per heavy atom. The van der Waals surface area contributed by atoms with Gasteiger partial charge in [-0.3, -0.25) is 0 Å². The van der Waals surface area contributed by atoms with Crippen molar-refractivity contribution in [2.45, 2.75) is 20.3 Å². The molecule has 0 aliphatic carbocycles. The summed E-state index contributed by atoms with van der Waals surface area (Å²) in [7, 11) is 0. The number of ether oxygens (including phenoxy) is 1. The summed E-state index contributed by atoms with van der Waals surface area (Å²) in [5.41, 5.74) is 0.385. The van der Waals surface area contributed by atoms with Gasteiger partial charge in [-0.05, 0) is 18.9 Å². The average Bonchev–Trinajstić information content (AvgIpc) is 2.00. The molecule has 0 heterocycles. The van der Waals surface area contributed by atoms with Crippen LogP contribution in [0.3, 0.4) is 0 Å². The molecule has 0 bridgehead atoms. The van der Waals surface area contributed by atoms with Gasteiger partial charge in [0, 0.05) is 6.08 Å². The first-order valence-corrected chi connectivity index (χ1v) is 3.92. The van der Waals surface area contributed by atoms with Gasteiger partial charge in [0.25, 0.3) is 0 Å². The van der Waals surface area contributed by atoms with Crippen LogP contribution in [0.4, 0.5) is 4.39 Å². The van der Waals surface area contributed by atoms with Crippen LogP contribution in [0.1, 0.15) is 20.3 Å². The molecule has 0 unspecified atom stereocenters. The van der Waals surface area contributed by atoms with Crippen LogP contribution in [-0.4, -0.2) is 6.61 Å². The van der Waals surface area contributed by atoms with Crippen molar-refractivity contribution in [2.75, 3.05) is 6.61 Å². The number of hydrogen-bond donors (Lipinski definition) is 0. The maximum absolute atomic E-state index is 12.8. The zero-order chi connectivity index (χ0) is 9.56. The van der Waals surface area contributed by atoms with Crippen LogP contribution in [0, 0.1) is 0 Å². The fraction of sp³-hybridized carbons (Fsp3) is 0.400. The highest BCUT2D eigenvalue weighted by Gasteiger charge is 1.96. The molecule has 0 atom stereocenters. The van der Waals surface area contributed by atoms with Gasteiger partial charge in [0.05, 0.1) is 6.61 Å². The molecule has 0 aromatic rings. The molecular weight excluding hydrogens is 155 g/mol. The molecular formula is C10H15FO. The van der Waals surface area contributed by atoms with Gasteiger partial charge in [-0.1, -0.05) is 20.1 Å². The average molecular weight is 170 g/mol. The van der Waals surface area contributed by atoms with Crippen LogP contribution < -0.4 is 0 Å². The van der Waals surface area contributed by atoms with E-state index in [1.165, 1.54) is 6.08 Å². The SMILES string of the molecule is C=C(/C=C(/F)C(=C)C)OCCC. The molecule has 0 fully saturated rings. The molecule has 12 heavy (non-hydrogen) atoms. The minimum absolute atomic E-state index is 0.345. The molecule has 0 aliphatic heterocycles. The Morgan fingerprint density at radius 2 is 2.08 bits per heavy atom. The van der Waals surface area contributed by atoms with Crippen molar-refractivity contribution < 1.29 is 9.13 Å². The fourth-order valence-corrected chi connectivity index (χ4v) is 0.539. The molecule has 0 aromatic carbocycles. The van der Waals surface area contributed by atoms with E-state index in [1.807, 2.05) is 6.92 Å². The van der Waals surface area contributed by atoms with Gasteiger partial charge in [-0.25, -0.2) is 4.39 Å². The lowest BCUT2D eigenvalue weighted by atomic mass is 10.3. The second-order valence-electron chi connectivity index (χ2n) is 2.59. The molecule has 0 radical (unpaired) electrons. The van der Waals surface area contributed by atoms with Gasteiger partial charge in [0.15, 0.2) is 0 Å². The number of allylic oxidation sites excluding steroid dienone is 3. The zero-order valence-electron chi connectivity index (χ0n) is 7.69. The van der Waals surface area contributed by atoms with E-state index >= 15 is 0 Å². The molecule has 0 aliphatic rings. The van der Waals surface area contributed by atoms with Gasteiger partial charge in [-0.15, -0.1) is 0 Å². The Balaban J connectivity index is 3.97. The quantitative estimate of drug-likeness (QED) is 0.454. The lowest BCUT2D eigenvalue weighted by Gasteiger charge is -2.03. The zero-order valence-corrected chi connectivity index (χ0v) is 7.69. The van der Waals surface area contributed by atoms with Crippen molar-refractivity contribution in [3.05, 3.63) is 36.4 Å². The Bertz CT molecular complexity index is 204. The lowest BCUT2D eigenvalue weighted by Crippen LogP contribution is -1.90. The van der Waals surface area contributed by atoms with E-state index in [2.05, 4.69) is 13.2 Å². The van der Waals surface area contributed by atoms with Gasteiger partial charge in [-0.2, -0.15) is 0 Å². The third kappa shape index (κ3) is 4.72. The summed E-state index contributed by atoms with van der Waals surface area (Å²) in [6.45, 7) is 11.1. The van der Waals surface area contributed by atoms with Crippen LogP contribution in [0.2, 0.25) is 0 Å². The number of rotatable bonds is 5. The maximum atomic E-state index is 12.8. The normalized spacial score (nSPS) is 11.1. The van der Waals surface area contributed by atoms with E-state index < -0.39 is 0 Å². The minimum Gasteiger partial charge on any atom is -0.494 e. The van der Waals surface area contributed by atoms with Crippen molar-refractivity contribution in [1.29, 1.82) is 0 Å². The predicted molar refractivity (Wildman–Crippen MR) is 49.4 cm³/mol. The molecule has 0 N–H and O–H groups in total. The smallest absolute Gasteiger partial charge is 0.129 e. The molecule has 0 amide bonds. The maximum Gasteiger partial charge on any atom is 0.129 e. The molecule has 0 aromatic heterocycles. The van der Waals surface area contributed by atoms with E-state index in [-0.39, 0.29) is 5.83 Å². The molecule has 2 heteroatoms. The van der Waals surface area contributed by atoms with E-state index in [1.54, 1.807) is 6.92 Å². The van der Waals surface area contributed by atoms with E-state index in [9.17, 15) is 4.39 Å². The van der Waals surface area contributed by atoms with Crippen molar-refractivity contribution in [1.82, 2.24) is 0 Å². The van der Waals surface area contributed by atoms with Crippen LogP contribution in [0.15, 0.2) is 36.4 Å². The molecule has 0 saturated heterocycles. The Morgan fingerprint density at radius 1 is 1.50 bits per heavy atom. The number of halogens is 1. The topological polar surface area (TPSA) is 9.23 Å². The molecule has 68 valence electrons. The first-order valence-electron chi connectivity index (χ1n) is 3.92. The second-order valence-corrected chi connectivity index (χ2v) is 2.59. The largest absolute Gasteiger partial charge is 0.494 e. The summed E-state index contributed by atoms with van der Waals surface area (Å²) >= 11 is 0. The molecule has 0 saturated carbocycles. The minimum atomic E-state index is -0.379. The van der Waals surface area contributed by atoms with Crippen molar-refractivity contribution in [3.8, 4) is 0 Å². The van der Waals surface area contributed by atoms with Gasteiger partial charge in [0.2, 0.25) is 0 Å². The predicted octanol–water partition coefficient (Wildman–Crippen LogP) is 3.36. The van der Waals surface area contributed by atoms with Crippen molar-refractivity contribution in [3.63, 3.8) is 0 Å². The van der Waals surface area contributed by atoms with Crippen LogP contribution in [0.25, 0.3) is 0 Å². The van der Waals surface area contributed by atoms with Crippen LogP contribution in [-0.2, 0) is 4.74 Å². The Hall–Kier alpha value is -1.05. The molecule has 0 rings (SSSR count). The number of hydrogen-bond acceptors (Lipinski definition) is 1. The standard InChI is InChI=1S/C10H15FO/c1-5-6-12-9(4)7-10(11)8(2)3/h7H,2,4-6H2,1,3H3/b10-7+. The summed E-state index contributed by atoms with van der Waals surface area (Å²) in [5.74, 6) is -0.0338. The van der Waals surface area contributed by atoms with E-state index in [0.29, 0.717) is 17.9 Å². The summed E-state index contributed by atoms with van der Waals surface area (Å²) < 4.78 is 17.9. The highest BCUT2D eigenvalue weighted by atomic mass is 19.1. The Labute approximate surface area is 73.2 Å².